The maximum Gasteiger partial charge on any atom is 0.326 e. The molecular formula is C19H18BrNO3. The van der Waals surface area contributed by atoms with Crippen molar-refractivity contribution in [3.63, 3.8) is 0 Å². The van der Waals surface area contributed by atoms with E-state index in [1.165, 1.54) is 0 Å². The number of carbonyl (C=O) groups is 2. The zero-order valence-corrected chi connectivity index (χ0v) is 14.6. The Labute approximate surface area is 149 Å². The third-order valence-electron chi connectivity index (χ3n) is 3.57. The molecule has 0 bridgehead atoms. The Bertz CT molecular complexity index is 676. The fraction of sp³-hybridized carbons (Fsp3) is 0.158. The summed E-state index contributed by atoms with van der Waals surface area (Å²) in [5.74, 6) is -2.02. The van der Waals surface area contributed by atoms with E-state index in [0.717, 1.165) is 11.1 Å². The number of carbonyl (C=O) groups excluding carboxylic acids is 1. The molecule has 0 saturated carbocycles. The van der Waals surface area contributed by atoms with Crippen molar-refractivity contribution in [3.8, 4) is 0 Å². The number of aliphatic carboxylic acids is 1. The van der Waals surface area contributed by atoms with Crippen molar-refractivity contribution >= 4 is 27.8 Å². The third kappa shape index (κ3) is 4.80. The summed E-state index contributed by atoms with van der Waals surface area (Å²) in [6.45, 7) is 3.65. The molecule has 1 atom stereocenters. The molecule has 0 heterocycles. The molecular weight excluding hydrogens is 370 g/mol. The van der Waals surface area contributed by atoms with Crippen LogP contribution in [0.4, 0.5) is 0 Å². The maximum atomic E-state index is 12.8. The minimum atomic E-state index is -1.09. The minimum Gasteiger partial charge on any atom is -0.480 e. The fourth-order valence-corrected chi connectivity index (χ4v) is 2.79. The molecule has 0 aliphatic rings. The number of hydrogen-bond acceptors (Lipinski definition) is 2. The fourth-order valence-electron chi connectivity index (χ4n) is 2.46. The van der Waals surface area contributed by atoms with E-state index in [1.807, 2.05) is 60.7 Å². The largest absolute Gasteiger partial charge is 0.480 e. The van der Waals surface area contributed by atoms with Gasteiger partial charge in [-0.25, -0.2) is 4.79 Å². The first-order valence-electron chi connectivity index (χ1n) is 7.45. The van der Waals surface area contributed by atoms with Gasteiger partial charge in [-0.05, 0) is 15.6 Å². The van der Waals surface area contributed by atoms with Gasteiger partial charge < -0.3 is 10.4 Å². The smallest absolute Gasteiger partial charge is 0.326 e. The lowest BCUT2D eigenvalue weighted by Gasteiger charge is -2.21. The normalized spacial score (nSPS) is 11.8. The standard InChI is InChI=1S/C19H18BrNO3/c1-13(20)12-16(19(23)24)21-18(22)17(14-8-4-2-5-9-14)15-10-6-3-7-11-15/h2-11,16-17H,1,12H2,(H,21,22)(H,23,24)/t16-/m1/s1. The van der Waals surface area contributed by atoms with Crippen molar-refractivity contribution in [2.75, 3.05) is 0 Å². The topological polar surface area (TPSA) is 66.4 Å². The highest BCUT2D eigenvalue weighted by atomic mass is 79.9. The Morgan fingerprint density at radius 3 is 1.83 bits per heavy atom. The molecule has 0 spiro atoms. The van der Waals surface area contributed by atoms with E-state index in [9.17, 15) is 14.7 Å². The zero-order chi connectivity index (χ0) is 17.5. The number of hydrogen-bond donors (Lipinski definition) is 2. The molecule has 2 N–H and O–H groups in total. The van der Waals surface area contributed by atoms with Gasteiger partial charge in [-0.2, -0.15) is 0 Å². The van der Waals surface area contributed by atoms with Crippen LogP contribution in [0.1, 0.15) is 23.5 Å². The van der Waals surface area contributed by atoms with Crippen LogP contribution in [0.25, 0.3) is 0 Å². The van der Waals surface area contributed by atoms with Crippen LogP contribution in [-0.4, -0.2) is 23.0 Å². The molecule has 24 heavy (non-hydrogen) atoms. The van der Waals surface area contributed by atoms with E-state index in [1.54, 1.807) is 0 Å². The van der Waals surface area contributed by atoms with E-state index in [0.29, 0.717) is 4.48 Å². The highest BCUT2D eigenvalue weighted by molar-refractivity contribution is 9.11. The summed E-state index contributed by atoms with van der Waals surface area (Å²) >= 11 is 3.15. The SMILES string of the molecule is C=C(Br)C[C@@H](NC(=O)C(c1ccccc1)c1ccccc1)C(=O)O. The molecule has 1 amide bonds. The van der Waals surface area contributed by atoms with Crippen molar-refractivity contribution < 1.29 is 14.7 Å². The second-order valence-electron chi connectivity index (χ2n) is 5.38. The van der Waals surface area contributed by atoms with Gasteiger partial charge in [0.15, 0.2) is 0 Å². The van der Waals surface area contributed by atoms with E-state index in [2.05, 4.69) is 27.8 Å². The lowest BCUT2D eigenvalue weighted by atomic mass is 9.90. The van der Waals surface area contributed by atoms with Crippen molar-refractivity contribution in [2.24, 2.45) is 0 Å². The van der Waals surface area contributed by atoms with Crippen molar-refractivity contribution in [2.45, 2.75) is 18.4 Å². The van der Waals surface area contributed by atoms with Crippen LogP contribution in [0.5, 0.6) is 0 Å². The molecule has 0 aliphatic heterocycles. The summed E-state index contributed by atoms with van der Waals surface area (Å²) in [5, 5.41) is 11.9. The van der Waals surface area contributed by atoms with Gasteiger partial charge in [-0.15, -0.1) is 0 Å². The highest BCUT2D eigenvalue weighted by Gasteiger charge is 2.27. The third-order valence-corrected chi connectivity index (χ3v) is 3.89. The predicted octanol–water partition coefficient (Wildman–Crippen LogP) is 3.69. The average Bonchev–Trinajstić information content (AvgIpc) is 2.56. The molecule has 0 radical (unpaired) electrons. The van der Waals surface area contributed by atoms with E-state index in [4.69, 9.17) is 0 Å². The molecule has 0 saturated heterocycles. The molecule has 0 unspecified atom stereocenters. The van der Waals surface area contributed by atoms with E-state index < -0.39 is 17.9 Å². The number of carboxylic acids is 1. The van der Waals surface area contributed by atoms with Gasteiger partial charge >= 0.3 is 5.97 Å². The van der Waals surface area contributed by atoms with Crippen molar-refractivity contribution in [3.05, 3.63) is 82.9 Å². The molecule has 0 aromatic heterocycles. The maximum absolute atomic E-state index is 12.8. The number of halogens is 1. The van der Waals surface area contributed by atoms with Gasteiger partial charge in [0.2, 0.25) is 5.91 Å². The Kier molecular flexibility index (Phi) is 6.32. The molecule has 124 valence electrons. The second kappa shape index (κ2) is 8.45. The lowest BCUT2D eigenvalue weighted by Crippen LogP contribution is -2.43. The Balaban J connectivity index is 2.32. The van der Waals surface area contributed by atoms with Crippen LogP contribution in [0.2, 0.25) is 0 Å². The number of benzene rings is 2. The summed E-state index contributed by atoms with van der Waals surface area (Å²) < 4.78 is 0.520. The molecule has 0 aliphatic carbocycles. The van der Waals surface area contributed by atoms with Crippen LogP contribution in [0.15, 0.2) is 71.7 Å². The van der Waals surface area contributed by atoms with Gasteiger partial charge in [0.1, 0.15) is 6.04 Å². The average molecular weight is 388 g/mol. The molecule has 2 aromatic rings. The van der Waals surface area contributed by atoms with Crippen LogP contribution < -0.4 is 5.32 Å². The summed E-state index contributed by atoms with van der Waals surface area (Å²) in [4.78, 5) is 24.2. The monoisotopic (exact) mass is 387 g/mol. The van der Waals surface area contributed by atoms with Gasteiger partial charge in [0, 0.05) is 6.42 Å². The molecule has 5 heteroatoms. The van der Waals surface area contributed by atoms with E-state index in [-0.39, 0.29) is 12.3 Å². The van der Waals surface area contributed by atoms with Crippen molar-refractivity contribution in [1.82, 2.24) is 5.32 Å². The lowest BCUT2D eigenvalue weighted by molar-refractivity contribution is -0.141. The van der Waals surface area contributed by atoms with Crippen molar-refractivity contribution in [1.29, 1.82) is 0 Å². The highest BCUT2D eigenvalue weighted by Crippen LogP contribution is 2.25. The first-order valence-corrected chi connectivity index (χ1v) is 8.24. The van der Waals surface area contributed by atoms with Gasteiger partial charge in [-0.1, -0.05) is 83.2 Å². The summed E-state index contributed by atoms with van der Waals surface area (Å²) in [5.41, 5.74) is 1.62. The first-order chi connectivity index (χ1) is 11.5. The quantitative estimate of drug-likeness (QED) is 0.761. The molecule has 4 nitrogen and oxygen atoms in total. The van der Waals surface area contributed by atoms with Crippen LogP contribution in [0, 0.1) is 0 Å². The van der Waals surface area contributed by atoms with Gasteiger partial charge in [0.25, 0.3) is 0 Å². The number of carboxylic acid groups (broad SMARTS) is 1. The van der Waals surface area contributed by atoms with Crippen LogP contribution in [-0.2, 0) is 9.59 Å². The molecule has 2 aromatic carbocycles. The second-order valence-corrected chi connectivity index (χ2v) is 6.50. The predicted molar refractivity (Wildman–Crippen MR) is 97.0 cm³/mol. The first kappa shape index (κ1) is 17.9. The summed E-state index contributed by atoms with van der Waals surface area (Å²) in [6.07, 6.45) is 0.122. The zero-order valence-electron chi connectivity index (χ0n) is 13.0. The molecule has 0 fully saturated rings. The summed E-state index contributed by atoms with van der Waals surface area (Å²) in [7, 11) is 0. The minimum absolute atomic E-state index is 0.122. The van der Waals surface area contributed by atoms with Crippen LogP contribution >= 0.6 is 15.9 Å². The Morgan fingerprint density at radius 1 is 1.00 bits per heavy atom. The van der Waals surface area contributed by atoms with Crippen LogP contribution in [0.3, 0.4) is 0 Å². The Morgan fingerprint density at radius 2 is 1.46 bits per heavy atom. The number of amides is 1. The molecule has 2 rings (SSSR count). The van der Waals surface area contributed by atoms with Gasteiger partial charge in [0.05, 0.1) is 5.92 Å². The Hall–Kier alpha value is -2.40. The number of rotatable bonds is 7. The number of nitrogens with one attached hydrogen (secondary N) is 1. The van der Waals surface area contributed by atoms with E-state index >= 15 is 0 Å². The summed E-state index contributed by atoms with van der Waals surface area (Å²) in [6, 6.07) is 17.6. The van der Waals surface area contributed by atoms with Gasteiger partial charge in [-0.3, -0.25) is 4.79 Å².